The molecule has 3 unspecified atom stereocenters. The summed E-state index contributed by atoms with van der Waals surface area (Å²) in [6.07, 6.45) is 1.59. The van der Waals surface area contributed by atoms with Crippen LogP contribution in [-0.4, -0.2) is 35.7 Å². The predicted octanol–water partition coefficient (Wildman–Crippen LogP) is 2.96. The maximum Gasteiger partial charge on any atom is 0.399 e. The molecule has 19 heavy (non-hydrogen) atoms. The predicted molar refractivity (Wildman–Crippen MR) is 72.8 cm³/mol. The third kappa shape index (κ3) is 3.81. The lowest BCUT2D eigenvalue weighted by atomic mass is 9.75. The highest BCUT2D eigenvalue weighted by molar-refractivity contribution is 7.80. The van der Waals surface area contributed by atoms with Gasteiger partial charge in [-0.05, 0) is 31.2 Å². The number of hydrogen-bond acceptors (Lipinski definition) is 2. The highest BCUT2D eigenvalue weighted by Gasteiger charge is 2.43. The number of alkyl halides is 3. The number of halogens is 3. The van der Waals surface area contributed by atoms with Crippen molar-refractivity contribution in [3.63, 3.8) is 0 Å². The Balaban J connectivity index is 1.93. The van der Waals surface area contributed by atoms with E-state index in [1.54, 1.807) is 0 Å². The molecule has 0 bridgehead atoms. The summed E-state index contributed by atoms with van der Waals surface area (Å²) in [6.45, 7) is 1.46. The average molecular weight is 294 g/mol. The fourth-order valence-electron chi connectivity index (χ4n) is 3.45. The fourth-order valence-corrected chi connectivity index (χ4v) is 3.66. The standard InChI is InChI=1S/C13H21F3N2S/c14-13(15,16)11(12(17)19)8-18-6-5-9-3-1-2-4-10(9)7-18/h9-11H,1-8H2,(H2,17,19). The average Bonchev–Trinajstić information content (AvgIpc) is 2.34. The van der Waals surface area contributed by atoms with Crippen molar-refractivity contribution in [2.45, 2.75) is 38.3 Å². The summed E-state index contributed by atoms with van der Waals surface area (Å²) in [7, 11) is 0. The van der Waals surface area contributed by atoms with E-state index < -0.39 is 17.1 Å². The van der Waals surface area contributed by atoms with E-state index in [-0.39, 0.29) is 6.54 Å². The van der Waals surface area contributed by atoms with Crippen LogP contribution in [0.5, 0.6) is 0 Å². The Morgan fingerprint density at radius 1 is 1.21 bits per heavy atom. The second-order valence-corrected chi connectivity index (χ2v) is 6.32. The minimum Gasteiger partial charge on any atom is -0.393 e. The number of thiocarbonyl (C=S) groups is 1. The molecule has 3 atom stereocenters. The Bertz CT molecular complexity index is 332. The number of hydrogen-bond donors (Lipinski definition) is 1. The summed E-state index contributed by atoms with van der Waals surface area (Å²) in [5.41, 5.74) is 5.26. The molecule has 0 spiro atoms. The van der Waals surface area contributed by atoms with Gasteiger partial charge >= 0.3 is 6.18 Å². The number of rotatable bonds is 3. The van der Waals surface area contributed by atoms with Gasteiger partial charge in [0.15, 0.2) is 0 Å². The van der Waals surface area contributed by atoms with E-state index in [1.165, 1.54) is 19.3 Å². The van der Waals surface area contributed by atoms with Crippen molar-refractivity contribution in [3.8, 4) is 0 Å². The van der Waals surface area contributed by atoms with Gasteiger partial charge in [-0.3, -0.25) is 0 Å². The number of nitrogens with two attached hydrogens (primary N) is 1. The van der Waals surface area contributed by atoms with Gasteiger partial charge in [-0.25, -0.2) is 0 Å². The SMILES string of the molecule is NC(=S)C(CN1CCC2CCCCC2C1)C(F)(F)F. The van der Waals surface area contributed by atoms with Gasteiger partial charge in [-0.2, -0.15) is 13.2 Å². The zero-order valence-corrected chi connectivity index (χ0v) is 11.8. The van der Waals surface area contributed by atoms with Gasteiger partial charge in [0, 0.05) is 13.1 Å². The van der Waals surface area contributed by atoms with Crippen LogP contribution in [0.1, 0.15) is 32.1 Å². The van der Waals surface area contributed by atoms with Crippen molar-refractivity contribution in [2.75, 3.05) is 19.6 Å². The molecule has 6 heteroatoms. The highest BCUT2D eigenvalue weighted by atomic mass is 32.1. The number of likely N-dealkylation sites (tertiary alicyclic amines) is 1. The molecule has 0 aromatic rings. The van der Waals surface area contributed by atoms with Crippen molar-refractivity contribution in [2.24, 2.45) is 23.5 Å². The van der Waals surface area contributed by atoms with Crippen LogP contribution >= 0.6 is 12.2 Å². The molecule has 0 radical (unpaired) electrons. The highest BCUT2D eigenvalue weighted by Crippen LogP contribution is 2.37. The first-order valence-corrected chi connectivity index (χ1v) is 7.37. The molecule has 1 aliphatic carbocycles. The molecule has 2 aliphatic rings. The van der Waals surface area contributed by atoms with Crippen LogP contribution < -0.4 is 5.73 Å². The molecular formula is C13H21F3N2S. The summed E-state index contributed by atoms with van der Waals surface area (Å²) in [6, 6.07) is 0. The van der Waals surface area contributed by atoms with Gasteiger partial charge in [-0.15, -0.1) is 0 Å². The molecule has 2 fully saturated rings. The van der Waals surface area contributed by atoms with Crippen LogP contribution in [0.15, 0.2) is 0 Å². The zero-order valence-electron chi connectivity index (χ0n) is 11.0. The topological polar surface area (TPSA) is 29.3 Å². The molecule has 0 aromatic heterocycles. The monoisotopic (exact) mass is 294 g/mol. The Morgan fingerprint density at radius 2 is 1.84 bits per heavy atom. The molecular weight excluding hydrogens is 273 g/mol. The fraction of sp³-hybridized carbons (Fsp3) is 0.923. The zero-order chi connectivity index (χ0) is 14.0. The summed E-state index contributed by atoms with van der Waals surface area (Å²) >= 11 is 4.58. The number of piperidine rings is 1. The second kappa shape index (κ2) is 5.95. The Hall–Kier alpha value is -0.360. The molecule has 1 heterocycles. The first-order chi connectivity index (χ1) is 8.88. The maximum absolute atomic E-state index is 12.9. The Morgan fingerprint density at radius 3 is 2.42 bits per heavy atom. The van der Waals surface area contributed by atoms with Crippen LogP contribution in [-0.2, 0) is 0 Å². The van der Waals surface area contributed by atoms with E-state index in [1.807, 2.05) is 4.90 Å². The van der Waals surface area contributed by atoms with E-state index in [2.05, 4.69) is 12.2 Å². The lowest BCUT2D eigenvalue weighted by Crippen LogP contribution is -2.48. The van der Waals surface area contributed by atoms with Gasteiger partial charge in [-0.1, -0.05) is 31.5 Å². The maximum atomic E-state index is 12.9. The van der Waals surface area contributed by atoms with Crippen LogP contribution in [0, 0.1) is 17.8 Å². The summed E-state index contributed by atoms with van der Waals surface area (Å²) in [4.78, 5) is 1.47. The van der Waals surface area contributed by atoms with Crippen molar-refractivity contribution in [1.82, 2.24) is 4.90 Å². The van der Waals surface area contributed by atoms with Gasteiger partial charge < -0.3 is 10.6 Å². The van der Waals surface area contributed by atoms with Crippen LogP contribution in [0.4, 0.5) is 13.2 Å². The normalized spacial score (nSPS) is 30.7. The molecule has 1 aliphatic heterocycles. The molecule has 2 N–H and O–H groups in total. The lowest BCUT2D eigenvalue weighted by molar-refractivity contribution is -0.160. The third-order valence-electron chi connectivity index (χ3n) is 4.55. The van der Waals surface area contributed by atoms with E-state index in [0.717, 1.165) is 31.8 Å². The van der Waals surface area contributed by atoms with Gasteiger partial charge in [0.25, 0.3) is 0 Å². The van der Waals surface area contributed by atoms with E-state index in [9.17, 15) is 13.2 Å². The quantitative estimate of drug-likeness (QED) is 0.812. The number of nitrogens with zero attached hydrogens (tertiary/aromatic N) is 1. The largest absolute Gasteiger partial charge is 0.399 e. The van der Waals surface area contributed by atoms with Gasteiger partial charge in [0.05, 0.1) is 4.99 Å². The first kappa shape index (κ1) is 15.0. The van der Waals surface area contributed by atoms with Crippen molar-refractivity contribution < 1.29 is 13.2 Å². The van der Waals surface area contributed by atoms with Crippen LogP contribution in [0.25, 0.3) is 0 Å². The second-order valence-electron chi connectivity index (χ2n) is 5.85. The number of fused-ring (bicyclic) bond motifs is 1. The van der Waals surface area contributed by atoms with Gasteiger partial charge in [0.1, 0.15) is 5.92 Å². The van der Waals surface area contributed by atoms with Crippen molar-refractivity contribution in [1.29, 1.82) is 0 Å². The summed E-state index contributed by atoms with van der Waals surface area (Å²) in [5.74, 6) is -0.371. The van der Waals surface area contributed by atoms with E-state index >= 15 is 0 Å². The summed E-state index contributed by atoms with van der Waals surface area (Å²) < 4.78 is 38.6. The molecule has 2 nitrogen and oxygen atoms in total. The minimum atomic E-state index is -4.32. The third-order valence-corrected chi connectivity index (χ3v) is 4.84. The van der Waals surface area contributed by atoms with Crippen molar-refractivity contribution >= 4 is 17.2 Å². The van der Waals surface area contributed by atoms with Crippen molar-refractivity contribution in [3.05, 3.63) is 0 Å². The van der Waals surface area contributed by atoms with E-state index in [4.69, 9.17) is 5.73 Å². The molecule has 110 valence electrons. The summed E-state index contributed by atoms with van der Waals surface area (Å²) in [5, 5.41) is 0. The Labute approximate surface area is 117 Å². The van der Waals surface area contributed by atoms with Crippen LogP contribution in [0.2, 0.25) is 0 Å². The minimum absolute atomic E-state index is 0.0674. The first-order valence-electron chi connectivity index (χ1n) is 6.96. The van der Waals surface area contributed by atoms with E-state index in [0.29, 0.717) is 5.92 Å². The van der Waals surface area contributed by atoms with Crippen LogP contribution in [0.3, 0.4) is 0 Å². The Kier molecular flexibility index (Phi) is 4.71. The molecule has 1 saturated heterocycles. The van der Waals surface area contributed by atoms with Gasteiger partial charge in [0.2, 0.25) is 0 Å². The molecule has 2 rings (SSSR count). The smallest absolute Gasteiger partial charge is 0.393 e. The lowest BCUT2D eigenvalue weighted by Gasteiger charge is -2.42. The molecule has 1 saturated carbocycles. The molecule has 0 amide bonds. The molecule has 0 aromatic carbocycles.